The molecule has 150 valence electrons. The number of aryl methyl sites for hydroxylation is 1. The summed E-state index contributed by atoms with van der Waals surface area (Å²) in [5.74, 6) is 0.535. The molecule has 1 fully saturated rings. The topological polar surface area (TPSA) is 85.7 Å². The molecule has 1 aromatic carbocycles. The Morgan fingerprint density at radius 1 is 1.25 bits per heavy atom. The van der Waals surface area contributed by atoms with Gasteiger partial charge in [-0.3, -0.25) is 14.3 Å². The number of carbonyl (C=O) groups excluding carboxylic acids is 2. The van der Waals surface area contributed by atoms with E-state index in [1.807, 2.05) is 32.2 Å². The van der Waals surface area contributed by atoms with Crippen molar-refractivity contribution in [3.63, 3.8) is 0 Å². The number of rotatable bonds is 7. The smallest absolute Gasteiger partial charge is 0.226 e. The van der Waals surface area contributed by atoms with Crippen molar-refractivity contribution in [3.05, 3.63) is 41.7 Å². The molecule has 0 spiro atoms. The second-order valence-electron chi connectivity index (χ2n) is 6.71. The van der Waals surface area contributed by atoms with Gasteiger partial charge >= 0.3 is 0 Å². The monoisotopic (exact) mass is 386 g/mol. The molecule has 0 aliphatic carbocycles. The molecule has 0 radical (unpaired) electrons. The summed E-state index contributed by atoms with van der Waals surface area (Å²) in [5.41, 5.74) is 1.75. The summed E-state index contributed by atoms with van der Waals surface area (Å²) in [6.45, 7) is 2.82. The van der Waals surface area contributed by atoms with E-state index in [1.54, 1.807) is 36.1 Å². The molecule has 2 amide bonds. The SMILES string of the molecule is CCN1C(=O)C[C@@H](C(=O)NCc2ccnn2C)[C@@H]1c1ccc(OC)c(OC)c1. The molecule has 1 saturated heterocycles. The Kier molecular flexibility index (Phi) is 5.87. The van der Waals surface area contributed by atoms with Crippen LogP contribution < -0.4 is 14.8 Å². The zero-order valence-electron chi connectivity index (χ0n) is 16.6. The number of amides is 2. The van der Waals surface area contributed by atoms with Gasteiger partial charge in [0.05, 0.1) is 38.4 Å². The number of nitrogens with one attached hydrogen (secondary N) is 1. The van der Waals surface area contributed by atoms with E-state index in [-0.39, 0.29) is 24.3 Å². The summed E-state index contributed by atoms with van der Waals surface area (Å²) in [5, 5.41) is 7.05. The number of methoxy groups -OCH3 is 2. The van der Waals surface area contributed by atoms with Crippen LogP contribution in [-0.4, -0.2) is 47.3 Å². The molecule has 28 heavy (non-hydrogen) atoms. The quantitative estimate of drug-likeness (QED) is 0.782. The highest BCUT2D eigenvalue weighted by Gasteiger charge is 2.44. The summed E-state index contributed by atoms with van der Waals surface area (Å²) < 4.78 is 12.4. The molecule has 0 saturated carbocycles. The van der Waals surface area contributed by atoms with Crippen LogP contribution in [0.25, 0.3) is 0 Å². The van der Waals surface area contributed by atoms with Gasteiger partial charge in [0.15, 0.2) is 11.5 Å². The Balaban J connectivity index is 1.86. The Morgan fingerprint density at radius 2 is 2.00 bits per heavy atom. The molecule has 8 heteroatoms. The van der Waals surface area contributed by atoms with E-state index < -0.39 is 5.92 Å². The Morgan fingerprint density at radius 3 is 2.61 bits per heavy atom. The molecule has 1 aliphatic heterocycles. The first-order valence-electron chi connectivity index (χ1n) is 9.26. The fourth-order valence-corrected chi connectivity index (χ4v) is 3.73. The van der Waals surface area contributed by atoms with Crippen molar-refractivity contribution >= 4 is 11.8 Å². The highest BCUT2D eigenvalue weighted by molar-refractivity contribution is 5.90. The maximum absolute atomic E-state index is 12.9. The predicted octanol–water partition coefficient (Wildman–Crippen LogP) is 1.66. The molecule has 1 N–H and O–H groups in total. The highest BCUT2D eigenvalue weighted by Crippen LogP contribution is 2.41. The number of nitrogens with zero attached hydrogens (tertiary/aromatic N) is 3. The van der Waals surface area contributed by atoms with Gasteiger partial charge in [-0.1, -0.05) is 6.07 Å². The first-order chi connectivity index (χ1) is 13.5. The van der Waals surface area contributed by atoms with Crippen molar-refractivity contribution in [1.82, 2.24) is 20.0 Å². The van der Waals surface area contributed by atoms with Crippen molar-refractivity contribution in [2.24, 2.45) is 13.0 Å². The second kappa shape index (κ2) is 8.33. The minimum absolute atomic E-state index is 0.0250. The molecule has 0 unspecified atom stereocenters. The van der Waals surface area contributed by atoms with Crippen LogP contribution in [-0.2, 0) is 23.2 Å². The number of ether oxygens (including phenoxy) is 2. The minimum Gasteiger partial charge on any atom is -0.493 e. The standard InChI is InChI=1S/C20H26N4O4/c1-5-24-18(25)11-15(20(26)21-12-14-8-9-22-23(14)2)19(24)13-6-7-16(27-3)17(10-13)28-4/h6-10,15,19H,5,11-12H2,1-4H3,(H,21,26)/t15-,19+/m1/s1. The average Bonchev–Trinajstić information content (AvgIpc) is 3.27. The van der Waals surface area contributed by atoms with E-state index in [2.05, 4.69) is 10.4 Å². The van der Waals surface area contributed by atoms with Gasteiger partial charge < -0.3 is 19.7 Å². The lowest BCUT2D eigenvalue weighted by molar-refractivity contribution is -0.129. The maximum atomic E-state index is 12.9. The molecule has 2 atom stereocenters. The molecule has 0 bridgehead atoms. The summed E-state index contributed by atoms with van der Waals surface area (Å²) in [4.78, 5) is 27.2. The molecular weight excluding hydrogens is 360 g/mol. The molecule has 2 aromatic rings. The molecule has 1 aromatic heterocycles. The zero-order chi connectivity index (χ0) is 20.3. The van der Waals surface area contributed by atoms with Crippen molar-refractivity contribution < 1.29 is 19.1 Å². The summed E-state index contributed by atoms with van der Waals surface area (Å²) in [7, 11) is 4.96. The van der Waals surface area contributed by atoms with Crippen molar-refractivity contribution in [1.29, 1.82) is 0 Å². The van der Waals surface area contributed by atoms with Crippen LogP contribution in [0.4, 0.5) is 0 Å². The molecular formula is C20H26N4O4. The van der Waals surface area contributed by atoms with Crippen LogP contribution in [0.5, 0.6) is 11.5 Å². The number of carbonyl (C=O) groups is 2. The van der Waals surface area contributed by atoms with E-state index in [9.17, 15) is 9.59 Å². The summed E-state index contributed by atoms with van der Waals surface area (Å²) in [6.07, 6.45) is 1.87. The fraction of sp³-hybridized carbons (Fsp3) is 0.450. The van der Waals surface area contributed by atoms with Gasteiger partial charge in [0.1, 0.15) is 0 Å². The maximum Gasteiger partial charge on any atom is 0.226 e. The zero-order valence-corrected chi connectivity index (χ0v) is 16.6. The number of likely N-dealkylation sites (tertiary alicyclic amines) is 1. The lowest BCUT2D eigenvalue weighted by atomic mass is 9.92. The summed E-state index contributed by atoms with van der Waals surface area (Å²) in [6, 6.07) is 7.03. The number of hydrogen-bond acceptors (Lipinski definition) is 5. The minimum atomic E-state index is -0.473. The highest BCUT2D eigenvalue weighted by atomic mass is 16.5. The Bertz CT molecular complexity index is 864. The Labute approximate surface area is 164 Å². The van der Waals surface area contributed by atoms with Crippen molar-refractivity contribution in [3.8, 4) is 11.5 Å². The number of hydrogen-bond donors (Lipinski definition) is 1. The van der Waals surface area contributed by atoms with E-state index >= 15 is 0 Å². The van der Waals surface area contributed by atoms with Crippen LogP contribution in [0.15, 0.2) is 30.5 Å². The first kappa shape index (κ1) is 19.7. The predicted molar refractivity (Wildman–Crippen MR) is 103 cm³/mol. The van der Waals surface area contributed by atoms with E-state index in [0.717, 1.165) is 11.3 Å². The number of aromatic nitrogens is 2. The summed E-state index contributed by atoms with van der Waals surface area (Å²) >= 11 is 0. The molecule has 2 heterocycles. The van der Waals surface area contributed by atoms with Crippen LogP contribution in [0.3, 0.4) is 0 Å². The van der Waals surface area contributed by atoms with Crippen LogP contribution in [0.1, 0.15) is 30.6 Å². The van der Waals surface area contributed by atoms with Crippen molar-refractivity contribution in [2.45, 2.75) is 25.9 Å². The Hall–Kier alpha value is -3.03. The van der Waals surface area contributed by atoms with Gasteiger partial charge in [0.25, 0.3) is 0 Å². The third-order valence-electron chi connectivity index (χ3n) is 5.22. The van der Waals surface area contributed by atoms with E-state index in [1.165, 1.54) is 0 Å². The average molecular weight is 386 g/mol. The second-order valence-corrected chi connectivity index (χ2v) is 6.71. The third kappa shape index (κ3) is 3.67. The normalized spacial score (nSPS) is 19.0. The van der Waals surface area contributed by atoms with Gasteiger partial charge in [-0.2, -0.15) is 5.10 Å². The van der Waals surface area contributed by atoms with Crippen LogP contribution in [0, 0.1) is 5.92 Å². The fourth-order valence-electron chi connectivity index (χ4n) is 3.73. The lowest BCUT2D eigenvalue weighted by Gasteiger charge is -2.27. The number of benzene rings is 1. The van der Waals surface area contributed by atoms with Gasteiger partial charge in [0.2, 0.25) is 11.8 Å². The van der Waals surface area contributed by atoms with Gasteiger partial charge in [-0.15, -0.1) is 0 Å². The van der Waals surface area contributed by atoms with Crippen molar-refractivity contribution in [2.75, 3.05) is 20.8 Å². The lowest BCUT2D eigenvalue weighted by Crippen LogP contribution is -2.35. The molecule has 1 aliphatic rings. The van der Waals surface area contributed by atoms with E-state index in [4.69, 9.17) is 9.47 Å². The third-order valence-corrected chi connectivity index (χ3v) is 5.22. The van der Waals surface area contributed by atoms with Gasteiger partial charge in [0, 0.05) is 26.2 Å². The van der Waals surface area contributed by atoms with Gasteiger partial charge in [-0.25, -0.2) is 0 Å². The first-order valence-corrected chi connectivity index (χ1v) is 9.26. The molecule has 8 nitrogen and oxygen atoms in total. The van der Waals surface area contributed by atoms with Gasteiger partial charge in [-0.05, 0) is 30.7 Å². The van der Waals surface area contributed by atoms with E-state index in [0.29, 0.717) is 24.6 Å². The largest absolute Gasteiger partial charge is 0.493 e. The van der Waals surface area contributed by atoms with Crippen LogP contribution >= 0.6 is 0 Å². The van der Waals surface area contributed by atoms with Crippen LogP contribution in [0.2, 0.25) is 0 Å². The molecule has 3 rings (SSSR count).